The van der Waals surface area contributed by atoms with Gasteiger partial charge in [0.25, 0.3) is 0 Å². The molecule has 0 atom stereocenters. The predicted molar refractivity (Wildman–Crippen MR) is 155 cm³/mol. The zero-order chi connectivity index (χ0) is 23.7. The summed E-state index contributed by atoms with van der Waals surface area (Å²) in [6.45, 7) is 29.5. The van der Waals surface area contributed by atoms with Crippen molar-refractivity contribution in [3.05, 3.63) is 0 Å². The molecule has 31 heavy (non-hydrogen) atoms. The van der Waals surface area contributed by atoms with E-state index in [1.807, 2.05) is 0 Å². The van der Waals surface area contributed by atoms with Crippen molar-refractivity contribution < 1.29 is 0 Å². The van der Waals surface area contributed by atoms with Gasteiger partial charge in [0.05, 0.1) is 0 Å². The van der Waals surface area contributed by atoms with Gasteiger partial charge in [0.2, 0.25) is 0 Å². The van der Waals surface area contributed by atoms with E-state index in [-0.39, 0.29) is 14.9 Å². The molecule has 0 saturated heterocycles. The first-order valence-corrected chi connectivity index (χ1v) is 13.3. The Kier molecular flexibility index (Phi) is 49.7. The molecule has 0 heterocycles. The fourth-order valence-corrected chi connectivity index (χ4v) is 2.85. The highest BCUT2D eigenvalue weighted by atomic mass is 15.1. The van der Waals surface area contributed by atoms with E-state index in [2.05, 4.69) is 95.0 Å². The second kappa shape index (κ2) is 34.6. The highest BCUT2D eigenvalue weighted by Gasteiger charge is 2.17. The van der Waals surface area contributed by atoms with Crippen molar-refractivity contribution in [1.82, 2.24) is 4.90 Å². The molecule has 0 bridgehead atoms. The standard InChI is InChI=1S/C9H20.C8H18.C6H14.C5H13N.2CH4/c1-5-8-9(4,6-2)7-3;1-4-6-8(3)7-5-2;2*1-4-6(3)5-2;;/h5-8H2,1-4H3;8H,4-7H2,1-3H3;6H,4-5H2,1-3H3;4-5H2,1-3H3;2*1H4. The molecule has 0 radical (unpaired) electrons. The van der Waals surface area contributed by atoms with Crippen molar-refractivity contribution in [2.24, 2.45) is 17.3 Å². The summed E-state index contributed by atoms with van der Waals surface area (Å²) in [5.41, 5.74) is 0.634. The van der Waals surface area contributed by atoms with Crippen LogP contribution in [0, 0.1) is 17.3 Å². The Labute approximate surface area is 204 Å². The molecule has 0 aliphatic carbocycles. The minimum atomic E-state index is 0. The third kappa shape index (κ3) is 40.8. The van der Waals surface area contributed by atoms with Gasteiger partial charge in [-0.25, -0.2) is 0 Å². The molecule has 0 aromatic heterocycles. The molecule has 0 rings (SSSR count). The van der Waals surface area contributed by atoms with Crippen LogP contribution in [0.2, 0.25) is 0 Å². The zero-order valence-electron chi connectivity index (χ0n) is 23.6. The lowest BCUT2D eigenvalue weighted by atomic mass is 9.81. The smallest absolute Gasteiger partial charge is 0.00504 e. The quantitative estimate of drug-likeness (QED) is 0.287. The Hall–Kier alpha value is -0.0400. The maximum absolute atomic E-state index is 2.39. The van der Waals surface area contributed by atoms with E-state index in [0.717, 1.165) is 24.9 Å². The van der Waals surface area contributed by atoms with E-state index in [1.165, 1.54) is 64.2 Å². The second-order valence-electron chi connectivity index (χ2n) is 9.36. The van der Waals surface area contributed by atoms with Gasteiger partial charge in [0, 0.05) is 0 Å². The largest absolute Gasteiger partial charge is 0.307 e. The lowest BCUT2D eigenvalue weighted by Crippen LogP contribution is -2.15. The van der Waals surface area contributed by atoms with Gasteiger partial charge in [-0.05, 0) is 43.8 Å². The Morgan fingerprint density at radius 3 is 1.06 bits per heavy atom. The van der Waals surface area contributed by atoms with Crippen LogP contribution in [-0.2, 0) is 0 Å². The van der Waals surface area contributed by atoms with Crippen LogP contribution in [0.5, 0.6) is 0 Å². The molecule has 0 aromatic rings. The molecule has 0 amide bonds. The Morgan fingerprint density at radius 2 is 0.968 bits per heavy atom. The van der Waals surface area contributed by atoms with Crippen LogP contribution in [0.1, 0.15) is 162 Å². The van der Waals surface area contributed by atoms with Crippen molar-refractivity contribution in [2.75, 3.05) is 20.1 Å². The van der Waals surface area contributed by atoms with E-state index >= 15 is 0 Å². The van der Waals surface area contributed by atoms with Crippen molar-refractivity contribution in [3.8, 4) is 0 Å². The molecule has 0 saturated carbocycles. The van der Waals surface area contributed by atoms with Crippen molar-refractivity contribution in [1.29, 1.82) is 0 Å². The first-order valence-electron chi connectivity index (χ1n) is 13.3. The molecule has 1 nitrogen and oxygen atoms in total. The molecule has 0 aliphatic rings. The van der Waals surface area contributed by atoms with Gasteiger partial charge in [0.1, 0.15) is 0 Å². The fourth-order valence-electron chi connectivity index (χ4n) is 2.85. The van der Waals surface area contributed by atoms with Gasteiger partial charge in [-0.3, -0.25) is 0 Å². The lowest BCUT2D eigenvalue weighted by Gasteiger charge is -2.25. The molecule has 0 unspecified atom stereocenters. The van der Waals surface area contributed by atoms with E-state index in [4.69, 9.17) is 0 Å². The number of hydrogen-bond donors (Lipinski definition) is 0. The number of rotatable bonds is 12. The minimum Gasteiger partial charge on any atom is -0.307 e. The average Bonchev–Trinajstić information content (AvgIpc) is 2.74. The maximum atomic E-state index is 2.39. The second-order valence-corrected chi connectivity index (χ2v) is 9.36. The molecule has 0 aliphatic heterocycles. The van der Waals surface area contributed by atoms with Crippen molar-refractivity contribution in [3.63, 3.8) is 0 Å². The first-order chi connectivity index (χ1) is 13.6. The molecule has 1 heteroatoms. The van der Waals surface area contributed by atoms with Gasteiger partial charge in [-0.2, -0.15) is 0 Å². The number of nitrogens with zero attached hydrogens (tertiary/aromatic N) is 1. The van der Waals surface area contributed by atoms with Crippen molar-refractivity contribution in [2.45, 2.75) is 162 Å². The zero-order valence-corrected chi connectivity index (χ0v) is 23.6. The van der Waals surface area contributed by atoms with E-state index in [1.54, 1.807) is 0 Å². The Bertz CT molecular complexity index is 233. The van der Waals surface area contributed by atoms with Gasteiger partial charge in [-0.1, -0.05) is 156 Å². The molecule has 0 aromatic carbocycles. The average molecular weight is 448 g/mol. The van der Waals surface area contributed by atoms with Crippen LogP contribution >= 0.6 is 0 Å². The summed E-state index contributed by atoms with van der Waals surface area (Å²) in [5, 5.41) is 0. The van der Waals surface area contributed by atoms with Crippen LogP contribution in [-0.4, -0.2) is 25.0 Å². The monoisotopic (exact) mass is 448 g/mol. The molecular formula is C30H73N. The predicted octanol–water partition coefficient (Wildman–Crippen LogP) is 11.5. The molecule has 198 valence electrons. The Balaban J connectivity index is -0.0000000667. The summed E-state index contributed by atoms with van der Waals surface area (Å²) < 4.78 is 0. The van der Waals surface area contributed by atoms with Crippen LogP contribution in [0.25, 0.3) is 0 Å². The fraction of sp³-hybridized carbons (Fsp3) is 1.00. The molecule has 0 N–H and O–H groups in total. The van der Waals surface area contributed by atoms with E-state index in [9.17, 15) is 0 Å². The highest BCUT2D eigenvalue weighted by Crippen LogP contribution is 2.30. The lowest BCUT2D eigenvalue weighted by molar-refractivity contribution is 0.270. The SMILES string of the molecule is C.C.CCC(C)CC.CCCC(C)(CC)CC.CCCC(C)CCC.CCN(C)CC. The summed E-state index contributed by atoms with van der Waals surface area (Å²) in [4.78, 5) is 2.25. The summed E-state index contributed by atoms with van der Waals surface area (Å²) in [6.07, 6.45) is 13.6. The van der Waals surface area contributed by atoms with Crippen LogP contribution in [0.15, 0.2) is 0 Å². The molecule has 0 fully saturated rings. The summed E-state index contributed by atoms with van der Waals surface area (Å²) >= 11 is 0. The summed E-state index contributed by atoms with van der Waals surface area (Å²) in [7, 11) is 2.11. The normalized spacial score (nSPS) is 10.1. The van der Waals surface area contributed by atoms with Gasteiger partial charge in [-0.15, -0.1) is 0 Å². The molecular weight excluding hydrogens is 374 g/mol. The highest BCUT2D eigenvalue weighted by molar-refractivity contribution is 4.69. The molecule has 0 spiro atoms. The summed E-state index contributed by atoms with van der Waals surface area (Å²) in [5.74, 6) is 1.90. The van der Waals surface area contributed by atoms with Gasteiger partial charge in [0.15, 0.2) is 0 Å². The third-order valence-electron chi connectivity index (χ3n) is 6.60. The van der Waals surface area contributed by atoms with Crippen molar-refractivity contribution >= 4 is 0 Å². The minimum absolute atomic E-state index is 0. The number of hydrogen-bond acceptors (Lipinski definition) is 1. The van der Waals surface area contributed by atoms with Gasteiger partial charge < -0.3 is 4.90 Å². The topological polar surface area (TPSA) is 3.24 Å². The Morgan fingerprint density at radius 1 is 0.613 bits per heavy atom. The first kappa shape index (κ1) is 44.6. The summed E-state index contributed by atoms with van der Waals surface area (Å²) in [6, 6.07) is 0. The van der Waals surface area contributed by atoms with Crippen LogP contribution < -0.4 is 0 Å². The van der Waals surface area contributed by atoms with Crippen LogP contribution in [0.3, 0.4) is 0 Å². The maximum Gasteiger partial charge on any atom is -0.00504 e. The van der Waals surface area contributed by atoms with Crippen LogP contribution in [0.4, 0.5) is 0 Å². The third-order valence-corrected chi connectivity index (χ3v) is 6.60. The van der Waals surface area contributed by atoms with Gasteiger partial charge >= 0.3 is 0 Å². The van der Waals surface area contributed by atoms with E-state index in [0.29, 0.717) is 5.41 Å². The van der Waals surface area contributed by atoms with E-state index < -0.39 is 0 Å².